The third-order valence-electron chi connectivity index (χ3n) is 6.93. The first-order valence-corrected chi connectivity index (χ1v) is 10.4. The summed E-state index contributed by atoms with van der Waals surface area (Å²) < 4.78 is 5.73. The molecule has 138 valence electrons. The summed E-state index contributed by atoms with van der Waals surface area (Å²) in [6, 6.07) is 10.5. The summed E-state index contributed by atoms with van der Waals surface area (Å²) in [6.45, 7) is 6.15. The highest BCUT2D eigenvalue weighted by atomic mass is 16.5. The fourth-order valence-electron chi connectivity index (χ4n) is 5.51. The van der Waals surface area contributed by atoms with Gasteiger partial charge in [0.1, 0.15) is 0 Å². The molecule has 3 atom stereocenters. The van der Waals surface area contributed by atoms with Crippen molar-refractivity contribution in [3.05, 3.63) is 35.4 Å². The van der Waals surface area contributed by atoms with Crippen LogP contribution in [0.4, 0.5) is 0 Å². The van der Waals surface area contributed by atoms with Crippen LogP contribution >= 0.6 is 0 Å². The van der Waals surface area contributed by atoms with Crippen LogP contribution in [0.2, 0.25) is 0 Å². The second kappa shape index (κ2) is 7.77. The molecule has 1 heterocycles. The van der Waals surface area contributed by atoms with E-state index in [-0.39, 0.29) is 0 Å². The van der Waals surface area contributed by atoms with E-state index in [9.17, 15) is 0 Å². The predicted octanol–water partition coefficient (Wildman–Crippen LogP) is 3.55. The quantitative estimate of drug-likeness (QED) is 0.858. The zero-order chi connectivity index (χ0) is 17.1. The van der Waals surface area contributed by atoms with Gasteiger partial charge in [-0.25, -0.2) is 0 Å². The predicted molar refractivity (Wildman–Crippen MR) is 103 cm³/mol. The number of morpholine rings is 1. The summed E-state index contributed by atoms with van der Waals surface area (Å²) in [7, 11) is 0. The Morgan fingerprint density at radius 1 is 1.20 bits per heavy atom. The van der Waals surface area contributed by atoms with Crippen LogP contribution in [0.1, 0.15) is 56.1 Å². The molecule has 2 saturated carbocycles. The molecular formula is C22H34N2O. The van der Waals surface area contributed by atoms with E-state index in [1.54, 1.807) is 5.56 Å². The average molecular weight is 343 g/mol. The van der Waals surface area contributed by atoms with Crippen molar-refractivity contribution in [2.45, 2.75) is 69.4 Å². The summed E-state index contributed by atoms with van der Waals surface area (Å²) in [6.07, 6.45) is 9.46. The number of rotatable bonds is 5. The second-order valence-corrected chi connectivity index (χ2v) is 8.57. The van der Waals surface area contributed by atoms with Gasteiger partial charge in [-0.1, -0.05) is 49.1 Å². The van der Waals surface area contributed by atoms with Crippen LogP contribution in [0.25, 0.3) is 0 Å². The van der Waals surface area contributed by atoms with E-state index < -0.39 is 0 Å². The van der Waals surface area contributed by atoms with Gasteiger partial charge in [-0.2, -0.15) is 0 Å². The first-order chi connectivity index (χ1) is 12.3. The molecule has 0 radical (unpaired) electrons. The molecule has 0 amide bonds. The summed E-state index contributed by atoms with van der Waals surface area (Å²) >= 11 is 0. The zero-order valence-electron chi connectivity index (χ0n) is 15.7. The van der Waals surface area contributed by atoms with Gasteiger partial charge in [-0.3, -0.25) is 0 Å². The molecule has 3 unspecified atom stereocenters. The second-order valence-electron chi connectivity index (χ2n) is 8.57. The van der Waals surface area contributed by atoms with Crippen molar-refractivity contribution >= 4 is 0 Å². The smallest absolute Gasteiger partial charge is 0.0623 e. The molecule has 0 bridgehead atoms. The lowest BCUT2D eigenvalue weighted by Crippen LogP contribution is -2.52. The SMILES string of the molecule is Cc1cccc(C2(CNC3CCCC3C3COCCN3)CCCC2)c1. The fourth-order valence-corrected chi connectivity index (χ4v) is 5.51. The summed E-state index contributed by atoms with van der Waals surface area (Å²) in [5, 5.41) is 7.74. The van der Waals surface area contributed by atoms with Crippen molar-refractivity contribution in [3.63, 3.8) is 0 Å². The lowest BCUT2D eigenvalue weighted by atomic mass is 9.78. The molecule has 3 heteroatoms. The number of ether oxygens (including phenoxy) is 1. The van der Waals surface area contributed by atoms with Crippen LogP contribution in [0.15, 0.2) is 24.3 Å². The number of benzene rings is 1. The van der Waals surface area contributed by atoms with Crippen molar-refractivity contribution in [1.82, 2.24) is 10.6 Å². The average Bonchev–Trinajstić information content (AvgIpc) is 3.31. The van der Waals surface area contributed by atoms with Crippen molar-refractivity contribution in [2.24, 2.45) is 5.92 Å². The van der Waals surface area contributed by atoms with Gasteiger partial charge in [-0.15, -0.1) is 0 Å². The van der Waals surface area contributed by atoms with Gasteiger partial charge in [0.25, 0.3) is 0 Å². The Kier molecular flexibility index (Phi) is 5.44. The largest absolute Gasteiger partial charge is 0.379 e. The molecule has 4 rings (SSSR count). The molecule has 1 aliphatic heterocycles. The molecule has 1 saturated heterocycles. The Balaban J connectivity index is 1.44. The van der Waals surface area contributed by atoms with Gasteiger partial charge < -0.3 is 15.4 Å². The molecule has 2 N–H and O–H groups in total. The number of hydrogen-bond donors (Lipinski definition) is 2. The molecule has 1 aromatic carbocycles. The van der Waals surface area contributed by atoms with Crippen molar-refractivity contribution in [3.8, 4) is 0 Å². The Bertz CT molecular complexity index is 561. The van der Waals surface area contributed by atoms with E-state index in [2.05, 4.69) is 41.8 Å². The van der Waals surface area contributed by atoms with Crippen molar-refractivity contribution in [2.75, 3.05) is 26.3 Å². The third kappa shape index (κ3) is 3.79. The van der Waals surface area contributed by atoms with E-state index in [0.717, 1.165) is 32.2 Å². The van der Waals surface area contributed by atoms with Gasteiger partial charge in [0.2, 0.25) is 0 Å². The van der Waals surface area contributed by atoms with E-state index in [4.69, 9.17) is 4.74 Å². The van der Waals surface area contributed by atoms with Gasteiger partial charge in [0.05, 0.1) is 13.2 Å². The minimum Gasteiger partial charge on any atom is -0.379 e. The van der Waals surface area contributed by atoms with Crippen molar-refractivity contribution in [1.29, 1.82) is 0 Å². The van der Waals surface area contributed by atoms with E-state index >= 15 is 0 Å². The van der Waals surface area contributed by atoms with Gasteiger partial charge >= 0.3 is 0 Å². The molecule has 2 aliphatic carbocycles. The molecule has 3 fully saturated rings. The highest BCUT2D eigenvalue weighted by molar-refractivity contribution is 5.31. The summed E-state index contributed by atoms with van der Waals surface area (Å²) in [5.74, 6) is 0.733. The molecular weight excluding hydrogens is 308 g/mol. The third-order valence-corrected chi connectivity index (χ3v) is 6.93. The first kappa shape index (κ1) is 17.5. The molecule has 3 nitrogen and oxygen atoms in total. The highest BCUT2D eigenvalue weighted by Crippen LogP contribution is 2.41. The normalized spacial score (nSPS) is 32.1. The van der Waals surface area contributed by atoms with Crippen LogP contribution in [0.3, 0.4) is 0 Å². The van der Waals surface area contributed by atoms with Crippen LogP contribution in [-0.2, 0) is 10.2 Å². The maximum absolute atomic E-state index is 5.73. The number of hydrogen-bond acceptors (Lipinski definition) is 3. The monoisotopic (exact) mass is 342 g/mol. The summed E-state index contributed by atoms with van der Waals surface area (Å²) in [4.78, 5) is 0. The van der Waals surface area contributed by atoms with Crippen LogP contribution in [0.5, 0.6) is 0 Å². The summed E-state index contributed by atoms with van der Waals surface area (Å²) in [5.41, 5.74) is 3.31. The molecule has 25 heavy (non-hydrogen) atoms. The lowest BCUT2D eigenvalue weighted by Gasteiger charge is -2.36. The highest BCUT2D eigenvalue weighted by Gasteiger charge is 2.39. The molecule has 0 aromatic heterocycles. The number of aryl methyl sites for hydroxylation is 1. The molecule has 3 aliphatic rings. The van der Waals surface area contributed by atoms with Gasteiger partial charge in [0, 0.05) is 30.6 Å². The Labute approximate surface area is 152 Å². The van der Waals surface area contributed by atoms with E-state index in [1.165, 1.54) is 50.5 Å². The first-order valence-electron chi connectivity index (χ1n) is 10.4. The number of nitrogens with one attached hydrogen (secondary N) is 2. The minimum absolute atomic E-state index is 0.357. The van der Waals surface area contributed by atoms with E-state index in [0.29, 0.717) is 17.5 Å². The van der Waals surface area contributed by atoms with Gasteiger partial charge in [0.15, 0.2) is 0 Å². The van der Waals surface area contributed by atoms with Crippen LogP contribution in [-0.4, -0.2) is 38.4 Å². The zero-order valence-corrected chi connectivity index (χ0v) is 15.7. The Morgan fingerprint density at radius 3 is 2.84 bits per heavy atom. The minimum atomic E-state index is 0.357. The Hall–Kier alpha value is -0.900. The maximum atomic E-state index is 5.73. The lowest BCUT2D eigenvalue weighted by molar-refractivity contribution is 0.0521. The molecule has 0 spiro atoms. The Morgan fingerprint density at radius 2 is 2.08 bits per heavy atom. The van der Waals surface area contributed by atoms with E-state index in [1.807, 2.05) is 0 Å². The van der Waals surface area contributed by atoms with Gasteiger partial charge in [-0.05, 0) is 44.1 Å². The van der Waals surface area contributed by atoms with Crippen LogP contribution in [0, 0.1) is 12.8 Å². The topological polar surface area (TPSA) is 33.3 Å². The van der Waals surface area contributed by atoms with Crippen LogP contribution < -0.4 is 10.6 Å². The molecule has 1 aromatic rings. The maximum Gasteiger partial charge on any atom is 0.0623 e. The van der Waals surface area contributed by atoms with Crippen molar-refractivity contribution < 1.29 is 4.74 Å². The standard InChI is InChI=1S/C22H34N2O/c1-17-6-4-7-18(14-17)22(10-2-3-11-22)16-24-20-9-5-8-19(20)21-15-25-13-12-23-21/h4,6-7,14,19-21,23-24H,2-3,5,8-13,15-16H2,1H3. The fraction of sp³-hybridized carbons (Fsp3) is 0.727.